The predicted molar refractivity (Wildman–Crippen MR) is 89.2 cm³/mol. The molecule has 1 amide bonds. The Morgan fingerprint density at radius 3 is 2.68 bits per heavy atom. The standard InChI is InChI=1S/C17H16N2O6/c1-11(25-14-5-3-2-4-13(14)19(21)22)17(20)18-12-6-7-15-16(10-12)24-9-8-23-15/h2-7,10-11H,8-9H2,1H3,(H,18,20)/t11-/m1/s1. The van der Waals surface area contributed by atoms with Gasteiger partial charge in [-0.15, -0.1) is 0 Å². The van der Waals surface area contributed by atoms with Gasteiger partial charge < -0.3 is 19.5 Å². The SMILES string of the molecule is C[C@@H](Oc1ccccc1[N+](=O)[O-])C(=O)Nc1ccc2c(c1)OCCO2. The highest BCUT2D eigenvalue weighted by Crippen LogP contribution is 2.33. The first-order chi connectivity index (χ1) is 12.0. The lowest BCUT2D eigenvalue weighted by Gasteiger charge is -2.19. The predicted octanol–water partition coefficient (Wildman–Crippen LogP) is 2.77. The minimum atomic E-state index is -0.922. The molecule has 3 rings (SSSR count). The van der Waals surface area contributed by atoms with Crippen LogP contribution in [-0.2, 0) is 4.79 Å². The van der Waals surface area contributed by atoms with Crippen LogP contribution in [0.1, 0.15) is 6.92 Å². The first kappa shape index (κ1) is 16.6. The smallest absolute Gasteiger partial charge is 0.310 e. The summed E-state index contributed by atoms with van der Waals surface area (Å²) >= 11 is 0. The van der Waals surface area contributed by atoms with Crippen LogP contribution in [0.15, 0.2) is 42.5 Å². The zero-order chi connectivity index (χ0) is 17.8. The van der Waals surface area contributed by atoms with E-state index in [2.05, 4.69) is 5.32 Å². The van der Waals surface area contributed by atoms with Gasteiger partial charge in [0.2, 0.25) is 0 Å². The van der Waals surface area contributed by atoms with Crippen molar-refractivity contribution >= 4 is 17.3 Å². The average molecular weight is 344 g/mol. The van der Waals surface area contributed by atoms with E-state index in [9.17, 15) is 14.9 Å². The summed E-state index contributed by atoms with van der Waals surface area (Å²) in [6.07, 6.45) is -0.922. The molecule has 8 heteroatoms. The number of benzene rings is 2. The molecule has 1 aliphatic rings. The number of anilines is 1. The number of hydrogen-bond acceptors (Lipinski definition) is 6. The molecule has 2 aromatic rings. The maximum Gasteiger partial charge on any atom is 0.310 e. The molecule has 1 aliphatic heterocycles. The number of nitrogens with one attached hydrogen (secondary N) is 1. The number of para-hydroxylation sites is 2. The minimum Gasteiger partial charge on any atom is -0.486 e. The zero-order valence-corrected chi connectivity index (χ0v) is 13.4. The molecule has 1 atom stereocenters. The molecule has 2 aromatic carbocycles. The molecule has 8 nitrogen and oxygen atoms in total. The fourth-order valence-electron chi connectivity index (χ4n) is 2.32. The third kappa shape index (κ3) is 3.79. The Labute approximate surface area is 143 Å². The fraction of sp³-hybridized carbons (Fsp3) is 0.235. The number of ether oxygens (including phenoxy) is 3. The number of nitrogens with zero attached hydrogens (tertiary/aromatic N) is 1. The zero-order valence-electron chi connectivity index (χ0n) is 13.4. The largest absolute Gasteiger partial charge is 0.486 e. The van der Waals surface area contributed by atoms with Crippen LogP contribution < -0.4 is 19.5 Å². The number of rotatable bonds is 5. The molecule has 0 spiro atoms. The summed E-state index contributed by atoms with van der Waals surface area (Å²) in [4.78, 5) is 22.7. The van der Waals surface area contributed by atoms with E-state index in [-0.39, 0.29) is 11.4 Å². The molecule has 1 heterocycles. The third-order valence-corrected chi connectivity index (χ3v) is 3.54. The Hall–Kier alpha value is -3.29. The third-order valence-electron chi connectivity index (χ3n) is 3.54. The van der Waals surface area contributed by atoms with Crippen LogP contribution in [-0.4, -0.2) is 30.1 Å². The lowest BCUT2D eigenvalue weighted by molar-refractivity contribution is -0.386. The maximum atomic E-state index is 12.3. The van der Waals surface area contributed by atoms with E-state index < -0.39 is 16.9 Å². The van der Waals surface area contributed by atoms with Crippen LogP contribution >= 0.6 is 0 Å². The molecular weight excluding hydrogens is 328 g/mol. The molecule has 0 unspecified atom stereocenters. The lowest BCUT2D eigenvalue weighted by Crippen LogP contribution is -2.30. The summed E-state index contributed by atoms with van der Waals surface area (Å²) < 4.78 is 16.3. The summed E-state index contributed by atoms with van der Waals surface area (Å²) in [7, 11) is 0. The second kappa shape index (κ2) is 7.08. The molecule has 0 aliphatic carbocycles. The van der Waals surface area contributed by atoms with Crippen molar-refractivity contribution in [2.45, 2.75) is 13.0 Å². The second-order valence-electron chi connectivity index (χ2n) is 5.33. The van der Waals surface area contributed by atoms with E-state index in [1.165, 1.54) is 25.1 Å². The maximum absolute atomic E-state index is 12.3. The highest BCUT2D eigenvalue weighted by molar-refractivity contribution is 5.94. The van der Waals surface area contributed by atoms with Gasteiger partial charge in [0.1, 0.15) is 13.2 Å². The van der Waals surface area contributed by atoms with Crippen LogP contribution in [0.25, 0.3) is 0 Å². The van der Waals surface area contributed by atoms with Crippen LogP contribution in [0.5, 0.6) is 17.2 Å². The molecule has 0 radical (unpaired) electrons. The van der Waals surface area contributed by atoms with Gasteiger partial charge in [-0.1, -0.05) is 12.1 Å². The summed E-state index contributed by atoms with van der Waals surface area (Å²) in [5, 5.41) is 13.7. The van der Waals surface area contributed by atoms with Gasteiger partial charge in [0.05, 0.1) is 4.92 Å². The Kier molecular flexibility index (Phi) is 4.69. The van der Waals surface area contributed by atoms with Gasteiger partial charge in [-0.05, 0) is 25.1 Å². The van der Waals surface area contributed by atoms with Crippen molar-refractivity contribution in [2.75, 3.05) is 18.5 Å². The van der Waals surface area contributed by atoms with Crippen molar-refractivity contribution < 1.29 is 23.9 Å². The van der Waals surface area contributed by atoms with Crippen molar-refractivity contribution in [3.8, 4) is 17.2 Å². The number of hydrogen-bond donors (Lipinski definition) is 1. The topological polar surface area (TPSA) is 99.9 Å². The summed E-state index contributed by atoms with van der Waals surface area (Å²) in [6.45, 7) is 2.45. The molecule has 25 heavy (non-hydrogen) atoms. The van der Waals surface area contributed by atoms with E-state index >= 15 is 0 Å². The van der Waals surface area contributed by atoms with Gasteiger partial charge in [0.25, 0.3) is 5.91 Å². The first-order valence-corrected chi connectivity index (χ1v) is 7.65. The van der Waals surface area contributed by atoms with Crippen molar-refractivity contribution in [1.29, 1.82) is 0 Å². The minimum absolute atomic E-state index is 0.0392. The normalized spacial score (nSPS) is 13.6. The van der Waals surface area contributed by atoms with Crippen molar-refractivity contribution in [2.24, 2.45) is 0 Å². The Balaban J connectivity index is 1.68. The van der Waals surface area contributed by atoms with E-state index in [0.29, 0.717) is 30.4 Å². The number of nitro benzene ring substituents is 1. The molecular formula is C17H16N2O6. The molecule has 1 N–H and O–H groups in total. The van der Waals surface area contributed by atoms with Crippen molar-refractivity contribution in [3.05, 3.63) is 52.6 Å². The number of fused-ring (bicyclic) bond motifs is 1. The lowest BCUT2D eigenvalue weighted by atomic mass is 10.2. The first-order valence-electron chi connectivity index (χ1n) is 7.65. The molecule has 0 bridgehead atoms. The van der Waals surface area contributed by atoms with Gasteiger partial charge in [0.15, 0.2) is 23.4 Å². The Morgan fingerprint density at radius 1 is 1.20 bits per heavy atom. The van der Waals surface area contributed by atoms with Crippen LogP contribution in [0.4, 0.5) is 11.4 Å². The summed E-state index contributed by atoms with van der Waals surface area (Å²) in [5.74, 6) is 0.775. The number of carbonyl (C=O) groups is 1. The highest BCUT2D eigenvalue weighted by atomic mass is 16.6. The van der Waals surface area contributed by atoms with E-state index in [1.54, 1.807) is 24.3 Å². The second-order valence-corrected chi connectivity index (χ2v) is 5.33. The molecule has 0 saturated heterocycles. The molecule has 130 valence electrons. The molecule has 0 fully saturated rings. The number of amides is 1. The van der Waals surface area contributed by atoms with Gasteiger partial charge in [-0.25, -0.2) is 0 Å². The quantitative estimate of drug-likeness (QED) is 0.661. The van der Waals surface area contributed by atoms with E-state index in [0.717, 1.165) is 0 Å². The number of nitro groups is 1. The van der Waals surface area contributed by atoms with Crippen molar-refractivity contribution in [3.63, 3.8) is 0 Å². The van der Waals surface area contributed by atoms with E-state index in [4.69, 9.17) is 14.2 Å². The summed E-state index contributed by atoms with van der Waals surface area (Å²) in [6, 6.07) is 11.0. The highest BCUT2D eigenvalue weighted by Gasteiger charge is 2.21. The van der Waals surface area contributed by atoms with Crippen molar-refractivity contribution in [1.82, 2.24) is 0 Å². The number of carbonyl (C=O) groups excluding carboxylic acids is 1. The van der Waals surface area contributed by atoms with Gasteiger partial charge >= 0.3 is 5.69 Å². The van der Waals surface area contributed by atoms with E-state index in [1.807, 2.05) is 0 Å². The Bertz CT molecular complexity index is 807. The van der Waals surface area contributed by atoms with Crippen LogP contribution in [0.3, 0.4) is 0 Å². The summed E-state index contributed by atoms with van der Waals surface area (Å²) in [5.41, 5.74) is 0.328. The monoisotopic (exact) mass is 344 g/mol. The van der Waals surface area contributed by atoms with Gasteiger partial charge in [0, 0.05) is 17.8 Å². The Morgan fingerprint density at radius 2 is 1.92 bits per heavy atom. The van der Waals surface area contributed by atoms with Gasteiger partial charge in [-0.2, -0.15) is 0 Å². The molecule has 0 aromatic heterocycles. The van der Waals surface area contributed by atoms with Gasteiger partial charge in [-0.3, -0.25) is 14.9 Å². The van der Waals surface area contributed by atoms with Crippen LogP contribution in [0.2, 0.25) is 0 Å². The average Bonchev–Trinajstić information content (AvgIpc) is 2.61. The molecule has 0 saturated carbocycles. The van der Waals surface area contributed by atoms with Crippen LogP contribution in [0, 0.1) is 10.1 Å². The fourth-order valence-corrected chi connectivity index (χ4v) is 2.32.